The normalized spacial score (nSPS) is 12.8. The SMILES string of the molecule is CC(C)CC(=O)NC(C(=O)N(C)C)C(C)C. The third-order valence-electron chi connectivity index (χ3n) is 2.28. The summed E-state index contributed by atoms with van der Waals surface area (Å²) in [5.74, 6) is 0.310. The lowest BCUT2D eigenvalue weighted by Gasteiger charge is -2.25. The van der Waals surface area contributed by atoms with Gasteiger partial charge in [-0.3, -0.25) is 9.59 Å². The van der Waals surface area contributed by atoms with Crippen LogP contribution in [-0.4, -0.2) is 36.9 Å². The van der Waals surface area contributed by atoms with Gasteiger partial charge in [-0.15, -0.1) is 0 Å². The third-order valence-corrected chi connectivity index (χ3v) is 2.28. The highest BCUT2D eigenvalue weighted by atomic mass is 16.2. The summed E-state index contributed by atoms with van der Waals surface area (Å²) in [7, 11) is 3.40. The Morgan fingerprint density at radius 1 is 1.12 bits per heavy atom. The maximum absolute atomic E-state index is 11.8. The summed E-state index contributed by atoms with van der Waals surface area (Å²) in [6, 6.07) is -0.416. The van der Waals surface area contributed by atoms with E-state index in [1.165, 1.54) is 4.90 Å². The van der Waals surface area contributed by atoms with Gasteiger partial charge in [0.2, 0.25) is 11.8 Å². The molecule has 0 bridgehead atoms. The number of hydrogen-bond donors (Lipinski definition) is 1. The van der Waals surface area contributed by atoms with Crippen molar-refractivity contribution in [1.29, 1.82) is 0 Å². The molecule has 4 heteroatoms. The Hall–Kier alpha value is -1.06. The lowest BCUT2D eigenvalue weighted by molar-refractivity contribution is -0.135. The fourth-order valence-electron chi connectivity index (χ4n) is 1.39. The van der Waals surface area contributed by atoms with E-state index in [1.54, 1.807) is 14.1 Å². The zero-order valence-corrected chi connectivity index (χ0v) is 11.2. The molecule has 2 amide bonds. The van der Waals surface area contributed by atoms with Crippen LogP contribution in [0.3, 0.4) is 0 Å². The first kappa shape index (κ1) is 14.9. The molecule has 0 radical (unpaired) electrons. The molecule has 0 saturated carbocycles. The lowest BCUT2D eigenvalue weighted by Crippen LogP contribution is -2.49. The van der Waals surface area contributed by atoms with Gasteiger partial charge in [0, 0.05) is 20.5 Å². The van der Waals surface area contributed by atoms with Crippen molar-refractivity contribution in [3.05, 3.63) is 0 Å². The molecule has 1 N–H and O–H groups in total. The van der Waals surface area contributed by atoms with Crippen LogP contribution in [0.25, 0.3) is 0 Å². The molecule has 1 unspecified atom stereocenters. The first-order valence-electron chi connectivity index (χ1n) is 5.76. The van der Waals surface area contributed by atoms with Crippen LogP contribution in [0.1, 0.15) is 34.1 Å². The summed E-state index contributed by atoms with van der Waals surface area (Å²) >= 11 is 0. The van der Waals surface area contributed by atoms with E-state index in [0.717, 1.165) is 0 Å². The summed E-state index contributed by atoms with van der Waals surface area (Å²) in [4.78, 5) is 24.9. The highest BCUT2D eigenvalue weighted by Gasteiger charge is 2.25. The molecule has 0 rings (SSSR count). The van der Waals surface area contributed by atoms with Crippen LogP contribution in [0.15, 0.2) is 0 Å². The molecule has 0 saturated heterocycles. The Labute approximate surface area is 98.4 Å². The van der Waals surface area contributed by atoms with Crippen molar-refractivity contribution < 1.29 is 9.59 Å². The van der Waals surface area contributed by atoms with E-state index in [-0.39, 0.29) is 17.7 Å². The first-order valence-corrected chi connectivity index (χ1v) is 5.76. The van der Waals surface area contributed by atoms with E-state index in [2.05, 4.69) is 5.32 Å². The van der Waals surface area contributed by atoms with E-state index in [9.17, 15) is 9.59 Å². The molecule has 94 valence electrons. The van der Waals surface area contributed by atoms with Crippen LogP contribution in [0.5, 0.6) is 0 Å². The van der Waals surface area contributed by atoms with Gasteiger partial charge in [-0.2, -0.15) is 0 Å². The van der Waals surface area contributed by atoms with Gasteiger partial charge in [0.15, 0.2) is 0 Å². The van der Waals surface area contributed by atoms with Crippen molar-refractivity contribution in [3.63, 3.8) is 0 Å². The van der Waals surface area contributed by atoms with Gasteiger partial charge in [0.25, 0.3) is 0 Å². The molecule has 0 aromatic carbocycles. The van der Waals surface area contributed by atoms with Gasteiger partial charge < -0.3 is 10.2 Å². The maximum atomic E-state index is 11.8. The Balaban J connectivity index is 4.46. The van der Waals surface area contributed by atoms with Gasteiger partial charge >= 0.3 is 0 Å². The molecule has 0 aliphatic carbocycles. The van der Waals surface area contributed by atoms with Crippen molar-refractivity contribution in [2.24, 2.45) is 11.8 Å². The van der Waals surface area contributed by atoms with Crippen LogP contribution >= 0.6 is 0 Å². The molecule has 0 heterocycles. The average Bonchev–Trinajstić information content (AvgIpc) is 2.11. The smallest absolute Gasteiger partial charge is 0.244 e. The van der Waals surface area contributed by atoms with Crippen LogP contribution in [0.2, 0.25) is 0 Å². The number of carbonyl (C=O) groups excluding carboxylic acids is 2. The molecule has 0 aromatic heterocycles. The predicted molar refractivity (Wildman–Crippen MR) is 64.9 cm³/mol. The molecule has 0 fully saturated rings. The second-order valence-corrected chi connectivity index (χ2v) is 5.12. The summed E-state index contributed by atoms with van der Waals surface area (Å²) in [6.07, 6.45) is 0.462. The van der Waals surface area contributed by atoms with Crippen molar-refractivity contribution in [3.8, 4) is 0 Å². The predicted octanol–water partition coefficient (Wildman–Crippen LogP) is 1.26. The first-order chi connectivity index (χ1) is 7.25. The van der Waals surface area contributed by atoms with E-state index in [4.69, 9.17) is 0 Å². The van der Waals surface area contributed by atoms with Gasteiger partial charge in [0.05, 0.1) is 0 Å². The molecule has 16 heavy (non-hydrogen) atoms. The monoisotopic (exact) mass is 228 g/mol. The zero-order chi connectivity index (χ0) is 12.9. The zero-order valence-electron chi connectivity index (χ0n) is 11.2. The van der Waals surface area contributed by atoms with Gasteiger partial charge in [-0.05, 0) is 11.8 Å². The van der Waals surface area contributed by atoms with Crippen molar-refractivity contribution >= 4 is 11.8 Å². The Morgan fingerprint density at radius 3 is 1.94 bits per heavy atom. The highest BCUT2D eigenvalue weighted by Crippen LogP contribution is 2.06. The van der Waals surface area contributed by atoms with Crippen molar-refractivity contribution in [2.75, 3.05) is 14.1 Å². The number of nitrogens with zero attached hydrogens (tertiary/aromatic N) is 1. The van der Waals surface area contributed by atoms with Crippen molar-refractivity contribution in [1.82, 2.24) is 10.2 Å². The second-order valence-electron chi connectivity index (χ2n) is 5.12. The summed E-state index contributed by atoms with van der Waals surface area (Å²) in [5, 5.41) is 2.80. The molecular weight excluding hydrogens is 204 g/mol. The summed E-state index contributed by atoms with van der Waals surface area (Å²) < 4.78 is 0. The largest absolute Gasteiger partial charge is 0.347 e. The van der Waals surface area contributed by atoms with Gasteiger partial charge in [-0.25, -0.2) is 0 Å². The van der Waals surface area contributed by atoms with E-state index >= 15 is 0 Å². The molecule has 0 aliphatic rings. The minimum Gasteiger partial charge on any atom is -0.347 e. The minimum atomic E-state index is -0.416. The second kappa shape index (κ2) is 6.51. The molecule has 0 spiro atoms. The summed E-state index contributed by atoms with van der Waals surface area (Å²) in [6.45, 7) is 7.83. The number of hydrogen-bond acceptors (Lipinski definition) is 2. The van der Waals surface area contributed by atoms with E-state index < -0.39 is 6.04 Å². The molecule has 1 atom stereocenters. The number of rotatable bonds is 5. The van der Waals surface area contributed by atoms with Gasteiger partial charge in [-0.1, -0.05) is 27.7 Å². The molecule has 0 aromatic rings. The standard InChI is InChI=1S/C12H24N2O2/c1-8(2)7-10(15)13-11(9(3)4)12(16)14(5)6/h8-9,11H,7H2,1-6H3,(H,13,15). The Morgan fingerprint density at radius 2 is 1.62 bits per heavy atom. The Kier molecular flexibility index (Phi) is 6.08. The number of carbonyl (C=O) groups is 2. The Bertz CT molecular complexity index is 247. The number of amides is 2. The molecule has 0 aliphatic heterocycles. The lowest BCUT2D eigenvalue weighted by atomic mass is 10.0. The molecule has 4 nitrogen and oxygen atoms in total. The topological polar surface area (TPSA) is 49.4 Å². The van der Waals surface area contributed by atoms with Crippen molar-refractivity contribution in [2.45, 2.75) is 40.2 Å². The number of likely N-dealkylation sites (N-methyl/N-ethyl adjacent to an activating group) is 1. The average molecular weight is 228 g/mol. The third kappa shape index (κ3) is 5.14. The van der Waals surface area contributed by atoms with Crippen LogP contribution in [0, 0.1) is 11.8 Å². The van der Waals surface area contributed by atoms with Crippen LogP contribution in [0.4, 0.5) is 0 Å². The van der Waals surface area contributed by atoms with Crippen LogP contribution < -0.4 is 5.32 Å². The van der Waals surface area contributed by atoms with Crippen LogP contribution in [-0.2, 0) is 9.59 Å². The van der Waals surface area contributed by atoms with E-state index in [0.29, 0.717) is 12.3 Å². The summed E-state index contributed by atoms with van der Waals surface area (Å²) in [5.41, 5.74) is 0. The highest BCUT2D eigenvalue weighted by molar-refractivity contribution is 5.87. The van der Waals surface area contributed by atoms with Gasteiger partial charge in [0.1, 0.15) is 6.04 Å². The van der Waals surface area contributed by atoms with E-state index in [1.807, 2.05) is 27.7 Å². The maximum Gasteiger partial charge on any atom is 0.244 e. The fourth-order valence-corrected chi connectivity index (χ4v) is 1.39. The molecular formula is C12H24N2O2. The fraction of sp³-hybridized carbons (Fsp3) is 0.833. The minimum absolute atomic E-state index is 0.0490. The quantitative estimate of drug-likeness (QED) is 0.770. The number of nitrogens with one attached hydrogen (secondary N) is 1.